The predicted octanol–water partition coefficient (Wildman–Crippen LogP) is 1.02. The van der Waals surface area contributed by atoms with E-state index in [-0.39, 0.29) is 6.04 Å². The summed E-state index contributed by atoms with van der Waals surface area (Å²) < 4.78 is 1.12. The molecule has 2 rings (SSSR count). The second-order valence-electron chi connectivity index (χ2n) is 4.74. The maximum Gasteiger partial charge on any atom is 0.416 e. The fourth-order valence-electron chi connectivity index (χ4n) is 2.12. The molecule has 0 aliphatic heterocycles. The van der Waals surface area contributed by atoms with Crippen molar-refractivity contribution in [3.8, 4) is 5.75 Å². The predicted molar refractivity (Wildman–Crippen MR) is 76.1 cm³/mol. The van der Waals surface area contributed by atoms with Crippen molar-refractivity contribution in [1.29, 1.82) is 0 Å². The van der Waals surface area contributed by atoms with Crippen LogP contribution in [0.3, 0.4) is 0 Å². The number of primary amides is 1. The van der Waals surface area contributed by atoms with Crippen molar-refractivity contribution in [3.63, 3.8) is 0 Å². The number of aromatic nitrogens is 1. The molecule has 2 amide bonds. The third-order valence-corrected chi connectivity index (χ3v) is 2.88. The monoisotopic (exact) mass is 292 g/mol. The smallest absolute Gasteiger partial charge is 0.416 e. The summed E-state index contributed by atoms with van der Waals surface area (Å²) in [6.45, 7) is 1.83. The molecule has 0 bridgehead atoms. The number of fused-ring (bicyclic) bond motifs is 1. The number of urea groups is 1. The molecule has 0 aliphatic carbocycles. The molecule has 0 spiro atoms. The third-order valence-electron chi connectivity index (χ3n) is 2.88. The van der Waals surface area contributed by atoms with Crippen molar-refractivity contribution >= 4 is 23.0 Å². The van der Waals surface area contributed by atoms with Gasteiger partial charge >= 0.3 is 12.1 Å². The van der Waals surface area contributed by atoms with Gasteiger partial charge < -0.3 is 21.4 Å². The van der Waals surface area contributed by atoms with Crippen LogP contribution in [0.25, 0.3) is 10.9 Å². The Morgan fingerprint density at radius 2 is 2.19 bits per heavy atom. The quantitative estimate of drug-likeness (QED) is 0.624. The number of hydrogen-bond donors (Lipinski definition) is 4. The van der Waals surface area contributed by atoms with Gasteiger partial charge in [-0.3, -0.25) is 4.57 Å². The number of nitrogens with zero attached hydrogens (tertiary/aromatic N) is 1. The van der Waals surface area contributed by atoms with Gasteiger partial charge in [0.2, 0.25) is 0 Å². The van der Waals surface area contributed by atoms with Gasteiger partial charge in [-0.1, -0.05) is 0 Å². The molecule has 0 fully saturated rings. The van der Waals surface area contributed by atoms with Crippen LogP contribution in [0.5, 0.6) is 5.75 Å². The Hall–Kier alpha value is -2.74. The zero-order chi connectivity index (χ0) is 15.6. The molecule has 0 saturated heterocycles. The third kappa shape index (κ3) is 3.23. The lowest BCUT2D eigenvalue weighted by Gasteiger charge is -2.06. The molecule has 21 heavy (non-hydrogen) atoms. The van der Waals surface area contributed by atoms with Crippen molar-refractivity contribution in [3.05, 3.63) is 30.0 Å². The largest absolute Gasteiger partial charge is 0.464 e. The first kappa shape index (κ1) is 14.7. The topological polar surface area (TPSA) is 133 Å². The van der Waals surface area contributed by atoms with Crippen LogP contribution in [0.15, 0.2) is 24.4 Å². The fourth-order valence-corrected chi connectivity index (χ4v) is 2.12. The molecule has 6 N–H and O–H groups in total. The SMILES string of the molecule is C[C@@H](N)Cc1cn(C(=O)O)c2ccc(ONC(N)=O)cc12. The summed E-state index contributed by atoms with van der Waals surface area (Å²) in [6.07, 6.45) is 0.963. The van der Waals surface area contributed by atoms with Gasteiger partial charge in [0.25, 0.3) is 0 Å². The second kappa shape index (κ2) is 5.71. The van der Waals surface area contributed by atoms with E-state index in [0.717, 1.165) is 10.1 Å². The number of amides is 2. The minimum absolute atomic E-state index is 0.119. The van der Waals surface area contributed by atoms with Crippen LogP contribution in [-0.4, -0.2) is 27.8 Å². The van der Waals surface area contributed by atoms with Gasteiger partial charge in [-0.05, 0) is 37.1 Å². The first-order valence-electron chi connectivity index (χ1n) is 6.23. The summed E-state index contributed by atoms with van der Waals surface area (Å²) in [4.78, 5) is 26.9. The number of nitrogens with one attached hydrogen (secondary N) is 1. The van der Waals surface area contributed by atoms with Crippen molar-refractivity contribution in [2.45, 2.75) is 19.4 Å². The lowest BCUT2D eigenvalue weighted by molar-refractivity contribution is 0.186. The molecule has 0 aliphatic rings. The fraction of sp³-hybridized carbons (Fsp3) is 0.231. The van der Waals surface area contributed by atoms with Gasteiger partial charge in [-0.25, -0.2) is 9.59 Å². The van der Waals surface area contributed by atoms with Crippen LogP contribution in [0.4, 0.5) is 9.59 Å². The summed E-state index contributed by atoms with van der Waals surface area (Å²) in [5.74, 6) is 0.343. The van der Waals surface area contributed by atoms with Crippen LogP contribution in [0.2, 0.25) is 0 Å². The van der Waals surface area contributed by atoms with E-state index in [9.17, 15) is 14.7 Å². The van der Waals surface area contributed by atoms with Gasteiger partial charge in [0.15, 0.2) is 5.75 Å². The molecule has 2 aromatic rings. The molecule has 0 radical (unpaired) electrons. The van der Waals surface area contributed by atoms with Gasteiger partial charge in [0.05, 0.1) is 5.52 Å². The minimum Gasteiger partial charge on any atom is -0.464 e. The van der Waals surface area contributed by atoms with E-state index in [2.05, 4.69) is 0 Å². The van der Waals surface area contributed by atoms with Gasteiger partial charge in [0.1, 0.15) is 0 Å². The average molecular weight is 292 g/mol. The highest BCUT2D eigenvalue weighted by atomic mass is 16.7. The van der Waals surface area contributed by atoms with Gasteiger partial charge in [0, 0.05) is 17.6 Å². The summed E-state index contributed by atoms with van der Waals surface area (Å²) in [5.41, 5.74) is 14.0. The van der Waals surface area contributed by atoms with Crippen molar-refractivity contribution in [2.24, 2.45) is 11.5 Å². The summed E-state index contributed by atoms with van der Waals surface area (Å²) in [5, 5.41) is 9.90. The van der Waals surface area contributed by atoms with Gasteiger partial charge in [-0.15, -0.1) is 0 Å². The van der Waals surface area contributed by atoms with E-state index in [1.807, 2.05) is 12.4 Å². The van der Waals surface area contributed by atoms with E-state index >= 15 is 0 Å². The van der Waals surface area contributed by atoms with Crippen LogP contribution in [0.1, 0.15) is 12.5 Å². The average Bonchev–Trinajstić information content (AvgIpc) is 2.74. The maximum atomic E-state index is 11.2. The first-order valence-corrected chi connectivity index (χ1v) is 6.23. The second-order valence-corrected chi connectivity index (χ2v) is 4.74. The first-order chi connectivity index (χ1) is 9.88. The van der Waals surface area contributed by atoms with Crippen molar-refractivity contribution in [2.75, 3.05) is 0 Å². The number of hydrogen-bond acceptors (Lipinski definition) is 4. The number of carboxylic acid groups (broad SMARTS) is 1. The van der Waals surface area contributed by atoms with Crippen molar-refractivity contribution in [1.82, 2.24) is 10.0 Å². The van der Waals surface area contributed by atoms with Gasteiger partial charge in [-0.2, -0.15) is 5.48 Å². The van der Waals surface area contributed by atoms with E-state index in [0.29, 0.717) is 23.1 Å². The number of carbonyl (C=O) groups is 2. The molecule has 112 valence electrons. The Kier molecular flexibility index (Phi) is 3.99. The highest BCUT2D eigenvalue weighted by Gasteiger charge is 2.14. The van der Waals surface area contributed by atoms with Crippen LogP contribution in [-0.2, 0) is 6.42 Å². The molecule has 0 unspecified atom stereocenters. The Bertz CT molecular complexity index is 693. The molecular formula is C13H16N4O4. The normalized spacial score (nSPS) is 12.1. The standard InChI is InChI=1S/C13H16N4O4/c1-7(14)4-8-6-17(13(19)20)11-3-2-9(5-10(8)11)21-16-12(15)18/h2-3,5-7H,4,14H2,1H3,(H,19,20)(H3,15,16,18)/t7-/m1/s1. The van der Waals surface area contributed by atoms with Crippen LogP contribution < -0.4 is 21.8 Å². The number of hydroxylamine groups is 1. The Labute approximate surface area is 120 Å². The Balaban J connectivity index is 2.47. The lowest BCUT2D eigenvalue weighted by atomic mass is 10.1. The van der Waals surface area contributed by atoms with E-state index in [1.54, 1.807) is 12.1 Å². The minimum atomic E-state index is -1.08. The summed E-state index contributed by atoms with van der Waals surface area (Å²) >= 11 is 0. The van der Waals surface area contributed by atoms with E-state index in [1.165, 1.54) is 12.3 Å². The molecule has 0 saturated carbocycles. The van der Waals surface area contributed by atoms with E-state index < -0.39 is 12.1 Å². The molecule has 1 atom stereocenters. The lowest BCUT2D eigenvalue weighted by Crippen LogP contribution is -2.32. The highest BCUT2D eigenvalue weighted by Crippen LogP contribution is 2.26. The Morgan fingerprint density at radius 3 is 2.76 bits per heavy atom. The highest BCUT2D eigenvalue weighted by molar-refractivity contribution is 5.92. The number of rotatable bonds is 4. The molecule has 1 aromatic heterocycles. The molecule has 1 heterocycles. The Morgan fingerprint density at radius 1 is 1.48 bits per heavy atom. The van der Waals surface area contributed by atoms with Crippen LogP contribution in [0, 0.1) is 0 Å². The summed E-state index contributed by atoms with van der Waals surface area (Å²) in [7, 11) is 0. The number of nitrogens with two attached hydrogens (primary N) is 2. The van der Waals surface area contributed by atoms with E-state index in [4.69, 9.17) is 16.3 Å². The molecule has 1 aromatic carbocycles. The molecule has 8 heteroatoms. The van der Waals surface area contributed by atoms with Crippen LogP contribution >= 0.6 is 0 Å². The zero-order valence-corrected chi connectivity index (χ0v) is 11.4. The summed E-state index contributed by atoms with van der Waals surface area (Å²) in [6, 6.07) is 3.81. The number of carbonyl (C=O) groups excluding carboxylic acids is 1. The molecule has 8 nitrogen and oxygen atoms in total. The number of benzene rings is 1. The van der Waals surface area contributed by atoms with Crippen molar-refractivity contribution < 1.29 is 19.5 Å². The molecular weight excluding hydrogens is 276 g/mol. The maximum absolute atomic E-state index is 11.2. The zero-order valence-electron chi connectivity index (χ0n) is 11.4.